The van der Waals surface area contributed by atoms with Gasteiger partial charge in [0.15, 0.2) is 0 Å². The normalized spacial score (nSPS) is 41.7. The van der Waals surface area contributed by atoms with E-state index in [-0.39, 0.29) is 52.6 Å². The van der Waals surface area contributed by atoms with Crippen LogP contribution >= 0.6 is 0 Å². The van der Waals surface area contributed by atoms with Crippen LogP contribution in [0.4, 0.5) is 0 Å². The number of hydrogen-bond acceptors (Lipinski definition) is 8. The molecule has 0 saturated heterocycles. The Labute approximate surface area is 233 Å². The molecule has 0 N–H and O–H groups in total. The maximum absolute atomic E-state index is 12.5. The highest BCUT2D eigenvalue weighted by Gasteiger charge is 2.67. The number of ether oxygens (including phenoxy) is 4. The Balaban J connectivity index is 1.69. The fourth-order valence-electron chi connectivity index (χ4n) is 9.81. The lowest BCUT2D eigenvalue weighted by molar-refractivity contribution is -0.242. The van der Waals surface area contributed by atoms with Crippen molar-refractivity contribution in [2.24, 2.45) is 46.3 Å². The van der Waals surface area contributed by atoms with Gasteiger partial charge in [0.05, 0.1) is 7.11 Å². The van der Waals surface area contributed by atoms with Crippen molar-refractivity contribution in [1.29, 1.82) is 0 Å². The Morgan fingerprint density at radius 1 is 0.769 bits per heavy atom. The number of hydrogen-bond donors (Lipinski definition) is 0. The third kappa shape index (κ3) is 5.58. The summed E-state index contributed by atoms with van der Waals surface area (Å²) in [5.41, 5.74) is -0.0674. The van der Waals surface area contributed by atoms with Crippen molar-refractivity contribution in [3.05, 3.63) is 0 Å². The number of carbonyl (C=O) groups excluding carboxylic acids is 4. The van der Waals surface area contributed by atoms with Gasteiger partial charge in [0.1, 0.15) is 18.3 Å². The predicted octanol–water partition coefficient (Wildman–Crippen LogP) is 5.25. The highest BCUT2D eigenvalue weighted by Crippen LogP contribution is 2.69. The summed E-state index contributed by atoms with van der Waals surface area (Å²) in [5, 5.41) is 0. The molecular formula is C31H48O8. The van der Waals surface area contributed by atoms with E-state index in [4.69, 9.17) is 18.9 Å². The molecule has 4 saturated carbocycles. The fraction of sp³-hybridized carbons (Fsp3) is 0.871. The Kier molecular flexibility index (Phi) is 8.73. The zero-order valence-corrected chi connectivity index (χ0v) is 24.8. The van der Waals surface area contributed by atoms with E-state index in [1.165, 1.54) is 27.9 Å². The Bertz CT molecular complexity index is 962. The van der Waals surface area contributed by atoms with Gasteiger partial charge < -0.3 is 18.9 Å². The summed E-state index contributed by atoms with van der Waals surface area (Å²) in [5.74, 6) is 0.289. The molecule has 0 heterocycles. The van der Waals surface area contributed by atoms with Crippen LogP contribution < -0.4 is 0 Å². The number of rotatable bonds is 7. The summed E-state index contributed by atoms with van der Waals surface area (Å²) < 4.78 is 22.7. The highest BCUT2D eigenvalue weighted by molar-refractivity contribution is 5.69. The maximum atomic E-state index is 12.5. The molecule has 4 fully saturated rings. The van der Waals surface area contributed by atoms with E-state index in [1.807, 2.05) is 0 Å². The molecule has 4 rings (SSSR count). The summed E-state index contributed by atoms with van der Waals surface area (Å²) >= 11 is 0. The van der Waals surface area contributed by atoms with E-state index in [0.717, 1.165) is 44.9 Å². The lowest BCUT2D eigenvalue weighted by Gasteiger charge is -2.64. The van der Waals surface area contributed by atoms with Crippen LogP contribution in [-0.2, 0) is 38.1 Å². The Morgan fingerprint density at radius 2 is 1.36 bits per heavy atom. The van der Waals surface area contributed by atoms with Gasteiger partial charge in [0.25, 0.3) is 0 Å². The van der Waals surface area contributed by atoms with Gasteiger partial charge in [-0.3, -0.25) is 19.2 Å². The third-order valence-corrected chi connectivity index (χ3v) is 11.4. The molecule has 8 nitrogen and oxygen atoms in total. The van der Waals surface area contributed by atoms with Gasteiger partial charge in [-0.2, -0.15) is 0 Å². The van der Waals surface area contributed by atoms with Crippen LogP contribution in [0.5, 0.6) is 0 Å². The number of fused-ring (bicyclic) bond motifs is 5. The first-order valence-electron chi connectivity index (χ1n) is 14.9. The Hall–Kier alpha value is -2.12. The fourth-order valence-corrected chi connectivity index (χ4v) is 9.81. The third-order valence-electron chi connectivity index (χ3n) is 11.4. The van der Waals surface area contributed by atoms with Crippen molar-refractivity contribution in [3.63, 3.8) is 0 Å². The van der Waals surface area contributed by atoms with Crippen LogP contribution in [-0.4, -0.2) is 49.3 Å². The average molecular weight is 549 g/mol. The lowest BCUT2D eigenvalue weighted by atomic mass is 9.43. The summed E-state index contributed by atoms with van der Waals surface area (Å²) in [6, 6.07) is 0. The predicted molar refractivity (Wildman–Crippen MR) is 143 cm³/mol. The van der Waals surface area contributed by atoms with Crippen LogP contribution in [0.25, 0.3) is 0 Å². The first-order valence-corrected chi connectivity index (χ1v) is 14.9. The van der Waals surface area contributed by atoms with Crippen LogP contribution in [0, 0.1) is 46.3 Å². The molecule has 8 heteroatoms. The molecule has 39 heavy (non-hydrogen) atoms. The van der Waals surface area contributed by atoms with Crippen molar-refractivity contribution in [2.45, 2.75) is 118 Å². The minimum absolute atomic E-state index is 0.0496. The molecule has 4 aliphatic rings. The number of methoxy groups -OCH3 is 1. The smallest absolute Gasteiger partial charge is 0.305 e. The molecule has 0 radical (unpaired) electrons. The van der Waals surface area contributed by atoms with Crippen molar-refractivity contribution >= 4 is 23.9 Å². The van der Waals surface area contributed by atoms with E-state index >= 15 is 0 Å². The van der Waals surface area contributed by atoms with Crippen LogP contribution in [0.15, 0.2) is 0 Å². The molecule has 0 aromatic carbocycles. The van der Waals surface area contributed by atoms with Gasteiger partial charge in [-0.05, 0) is 85.9 Å². The van der Waals surface area contributed by atoms with E-state index in [0.29, 0.717) is 36.5 Å². The van der Waals surface area contributed by atoms with Gasteiger partial charge in [-0.25, -0.2) is 0 Å². The molecule has 0 bridgehead atoms. The molecule has 0 aliphatic heterocycles. The van der Waals surface area contributed by atoms with Crippen molar-refractivity contribution in [2.75, 3.05) is 7.11 Å². The second kappa shape index (κ2) is 11.4. The van der Waals surface area contributed by atoms with Gasteiger partial charge in [0.2, 0.25) is 0 Å². The molecule has 4 aliphatic carbocycles. The number of esters is 4. The molecule has 220 valence electrons. The monoisotopic (exact) mass is 548 g/mol. The minimum Gasteiger partial charge on any atom is -0.469 e. The summed E-state index contributed by atoms with van der Waals surface area (Å²) in [6.45, 7) is 11.3. The standard InChI is InChI=1S/C31H48O8/c1-17(8-11-26(35)36-7)22-9-10-23-27-24(13-15-30(22,23)5)31(6)14-12-21(37-18(2)32)16-25(31)28(38-19(3)33)29(27)39-20(4)34/h17,21-25,27-29H,8-16H2,1-7H3/t17-,21-,22-,23+,24+,25+,27+,28+,29+,30-,31-/m1/s1. The molecule has 0 unspecified atom stereocenters. The van der Waals surface area contributed by atoms with E-state index < -0.39 is 12.2 Å². The van der Waals surface area contributed by atoms with Gasteiger partial charge in [-0.15, -0.1) is 0 Å². The lowest BCUT2D eigenvalue weighted by Crippen LogP contribution is -2.65. The summed E-state index contributed by atoms with van der Waals surface area (Å²) in [7, 11) is 1.44. The van der Waals surface area contributed by atoms with Gasteiger partial charge >= 0.3 is 23.9 Å². The molecule has 0 aromatic rings. The first-order chi connectivity index (χ1) is 18.3. The summed E-state index contributed by atoms with van der Waals surface area (Å²) in [4.78, 5) is 48.6. The quantitative estimate of drug-likeness (QED) is 0.314. The van der Waals surface area contributed by atoms with Crippen molar-refractivity contribution in [3.8, 4) is 0 Å². The van der Waals surface area contributed by atoms with Crippen LogP contribution in [0.1, 0.15) is 99.3 Å². The van der Waals surface area contributed by atoms with Crippen LogP contribution in [0.3, 0.4) is 0 Å². The average Bonchev–Trinajstić information content (AvgIpc) is 3.21. The highest BCUT2D eigenvalue weighted by atomic mass is 16.6. The van der Waals surface area contributed by atoms with Crippen LogP contribution in [0.2, 0.25) is 0 Å². The summed E-state index contributed by atoms with van der Waals surface area (Å²) in [6.07, 6.45) is 6.38. The first kappa shape index (κ1) is 29.9. The largest absolute Gasteiger partial charge is 0.469 e. The zero-order valence-electron chi connectivity index (χ0n) is 24.8. The van der Waals surface area contributed by atoms with Gasteiger partial charge in [0, 0.05) is 39.0 Å². The second-order valence-electron chi connectivity index (χ2n) is 13.4. The molecule has 11 atom stereocenters. The molecule has 0 aromatic heterocycles. The van der Waals surface area contributed by atoms with E-state index in [2.05, 4.69) is 20.8 Å². The molecule has 0 amide bonds. The zero-order chi connectivity index (χ0) is 28.7. The topological polar surface area (TPSA) is 105 Å². The van der Waals surface area contributed by atoms with Gasteiger partial charge in [-0.1, -0.05) is 20.8 Å². The van der Waals surface area contributed by atoms with Crippen molar-refractivity contribution < 1.29 is 38.1 Å². The van der Waals surface area contributed by atoms with Crippen molar-refractivity contribution in [1.82, 2.24) is 0 Å². The minimum atomic E-state index is -0.575. The SMILES string of the molecule is COC(=O)CC[C@@H](C)[C@H]1CC[C@H]2[C@@H]3[C@H](OC(C)=O)[C@@H](OC(C)=O)[C@@H]4C[C@H](OC(C)=O)CC[C@]4(C)[C@H]3CC[C@]12C. The number of carbonyl (C=O) groups is 4. The van der Waals surface area contributed by atoms with E-state index in [9.17, 15) is 19.2 Å². The Morgan fingerprint density at radius 3 is 1.97 bits per heavy atom. The molecular weight excluding hydrogens is 500 g/mol. The molecule has 0 spiro atoms. The second-order valence-corrected chi connectivity index (χ2v) is 13.4. The maximum Gasteiger partial charge on any atom is 0.305 e. The van der Waals surface area contributed by atoms with E-state index in [1.54, 1.807) is 0 Å².